The van der Waals surface area contributed by atoms with Crippen molar-refractivity contribution in [2.24, 2.45) is 0 Å². The highest BCUT2D eigenvalue weighted by Gasteiger charge is 2.34. The van der Waals surface area contributed by atoms with Crippen LogP contribution in [0.25, 0.3) is 0 Å². The van der Waals surface area contributed by atoms with Crippen molar-refractivity contribution in [2.45, 2.75) is 52.3 Å². The van der Waals surface area contributed by atoms with E-state index in [4.69, 9.17) is 9.15 Å². The standard InChI is InChI=1S/C27H30N2O4/c1-17(2)28-26(30)19(4)33-22-11-10-20-12-13-29(27(31)24-9-6-14-32-24)25(23(20)16-22)21-8-5-7-18(3)15-21/h5-11,14-17,19,25H,12-13H2,1-4H3,(H,28,30)/t19-,25+/m1/s1. The van der Waals surface area contributed by atoms with Crippen LogP contribution in [0.3, 0.4) is 0 Å². The zero-order valence-electron chi connectivity index (χ0n) is 19.5. The Morgan fingerprint density at radius 1 is 1.09 bits per heavy atom. The summed E-state index contributed by atoms with van der Waals surface area (Å²) in [6.45, 7) is 8.20. The van der Waals surface area contributed by atoms with Gasteiger partial charge < -0.3 is 19.4 Å². The van der Waals surface area contributed by atoms with Crippen LogP contribution in [-0.4, -0.2) is 35.4 Å². The van der Waals surface area contributed by atoms with Crippen molar-refractivity contribution in [3.63, 3.8) is 0 Å². The van der Waals surface area contributed by atoms with Gasteiger partial charge in [-0.05, 0) is 75.1 Å². The molecule has 6 heteroatoms. The van der Waals surface area contributed by atoms with E-state index in [1.807, 2.05) is 62.1 Å². The van der Waals surface area contributed by atoms with E-state index < -0.39 is 6.10 Å². The van der Waals surface area contributed by atoms with E-state index in [9.17, 15) is 9.59 Å². The zero-order chi connectivity index (χ0) is 23.5. The second-order valence-corrected chi connectivity index (χ2v) is 8.83. The normalized spacial score (nSPS) is 16.3. The summed E-state index contributed by atoms with van der Waals surface area (Å²) < 4.78 is 11.4. The van der Waals surface area contributed by atoms with Crippen LogP contribution < -0.4 is 10.1 Å². The molecule has 33 heavy (non-hydrogen) atoms. The number of fused-ring (bicyclic) bond motifs is 1. The Morgan fingerprint density at radius 2 is 1.91 bits per heavy atom. The van der Waals surface area contributed by atoms with Gasteiger partial charge in [0, 0.05) is 12.6 Å². The van der Waals surface area contributed by atoms with E-state index in [1.165, 1.54) is 6.26 Å². The summed E-state index contributed by atoms with van der Waals surface area (Å²) in [5.41, 5.74) is 4.31. The van der Waals surface area contributed by atoms with Crippen LogP contribution in [0.2, 0.25) is 0 Å². The Labute approximate surface area is 194 Å². The van der Waals surface area contributed by atoms with E-state index in [0.717, 1.165) is 28.7 Å². The summed E-state index contributed by atoms with van der Waals surface area (Å²) in [5, 5.41) is 2.88. The quantitative estimate of drug-likeness (QED) is 0.597. The van der Waals surface area contributed by atoms with Gasteiger partial charge in [-0.15, -0.1) is 0 Å². The van der Waals surface area contributed by atoms with Crippen LogP contribution in [0.5, 0.6) is 5.75 Å². The number of aryl methyl sites for hydroxylation is 1. The second kappa shape index (κ2) is 9.53. The molecule has 1 N–H and O–H groups in total. The predicted molar refractivity (Wildman–Crippen MR) is 126 cm³/mol. The fourth-order valence-corrected chi connectivity index (χ4v) is 4.29. The minimum Gasteiger partial charge on any atom is -0.481 e. The smallest absolute Gasteiger partial charge is 0.290 e. The minimum absolute atomic E-state index is 0.0407. The largest absolute Gasteiger partial charge is 0.481 e. The number of carbonyl (C=O) groups is 2. The number of ether oxygens (including phenoxy) is 1. The molecule has 0 spiro atoms. The van der Waals surface area contributed by atoms with Crippen LogP contribution in [0.1, 0.15) is 59.6 Å². The molecule has 0 saturated heterocycles. The first-order chi connectivity index (χ1) is 15.8. The fourth-order valence-electron chi connectivity index (χ4n) is 4.29. The van der Waals surface area contributed by atoms with Crippen LogP contribution in [0.15, 0.2) is 65.3 Å². The van der Waals surface area contributed by atoms with Crippen molar-refractivity contribution in [2.75, 3.05) is 6.54 Å². The molecule has 172 valence electrons. The number of nitrogens with one attached hydrogen (secondary N) is 1. The molecule has 2 heterocycles. The van der Waals surface area contributed by atoms with Crippen LogP contribution in [0.4, 0.5) is 0 Å². The van der Waals surface area contributed by atoms with E-state index in [0.29, 0.717) is 18.1 Å². The Morgan fingerprint density at radius 3 is 2.61 bits per heavy atom. The molecule has 3 aromatic rings. The third-order valence-corrected chi connectivity index (χ3v) is 5.81. The van der Waals surface area contributed by atoms with E-state index in [-0.39, 0.29) is 23.9 Å². The molecule has 1 aliphatic heterocycles. The van der Waals surface area contributed by atoms with Gasteiger partial charge in [-0.2, -0.15) is 0 Å². The monoisotopic (exact) mass is 446 g/mol. The summed E-state index contributed by atoms with van der Waals surface area (Å²) in [6, 6.07) is 17.3. The lowest BCUT2D eigenvalue weighted by Gasteiger charge is -2.37. The first kappa shape index (κ1) is 22.6. The van der Waals surface area contributed by atoms with E-state index >= 15 is 0 Å². The average Bonchev–Trinajstić information content (AvgIpc) is 3.32. The van der Waals surface area contributed by atoms with Gasteiger partial charge in [0.1, 0.15) is 5.75 Å². The first-order valence-corrected chi connectivity index (χ1v) is 11.3. The van der Waals surface area contributed by atoms with Crippen LogP contribution in [-0.2, 0) is 11.2 Å². The number of amides is 2. The van der Waals surface area contributed by atoms with Crippen molar-refractivity contribution in [3.8, 4) is 5.75 Å². The molecule has 2 aromatic carbocycles. The summed E-state index contributed by atoms with van der Waals surface area (Å²) in [4.78, 5) is 27.5. The van der Waals surface area contributed by atoms with Gasteiger partial charge in [-0.3, -0.25) is 9.59 Å². The van der Waals surface area contributed by atoms with Crippen molar-refractivity contribution >= 4 is 11.8 Å². The molecule has 1 aromatic heterocycles. The molecule has 0 bridgehead atoms. The minimum atomic E-state index is -0.632. The number of hydrogen-bond acceptors (Lipinski definition) is 4. The maximum atomic E-state index is 13.3. The van der Waals surface area contributed by atoms with E-state index in [2.05, 4.69) is 11.4 Å². The van der Waals surface area contributed by atoms with Crippen molar-refractivity contribution in [3.05, 3.63) is 88.9 Å². The van der Waals surface area contributed by atoms with Gasteiger partial charge >= 0.3 is 0 Å². The third-order valence-electron chi connectivity index (χ3n) is 5.81. The molecular weight excluding hydrogens is 416 g/mol. The fraction of sp³-hybridized carbons (Fsp3) is 0.333. The summed E-state index contributed by atoms with van der Waals surface area (Å²) in [7, 11) is 0. The van der Waals surface area contributed by atoms with Crippen molar-refractivity contribution in [1.82, 2.24) is 10.2 Å². The highest BCUT2D eigenvalue weighted by molar-refractivity contribution is 5.92. The summed E-state index contributed by atoms with van der Waals surface area (Å²) in [5.74, 6) is 0.619. The molecule has 6 nitrogen and oxygen atoms in total. The van der Waals surface area contributed by atoms with Crippen LogP contribution >= 0.6 is 0 Å². The average molecular weight is 447 g/mol. The molecule has 0 aliphatic carbocycles. The molecule has 1 aliphatic rings. The molecule has 0 saturated carbocycles. The highest BCUT2D eigenvalue weighted by atomic mass is 16.5. The lowest BCUT2D eigenvalue weighted by Crippen LogP contribution is -2.41. The van der Waals surface area contributed by atoms with Gasteiger partial charge in [0.25, 0.3) is 11.8 Å². The topological polar surface area (TPSA) is 71.8 Å². The number of benzene rings is 2. The van der Waals surface area contributed by atoms with Crippen molar-refractivity contribution < 1.29 is 18.7 Å². The van der Waals surface area contributed by atoms with Gasteiger partial charge in [-0.1, -0.05) is 35.9 Å². The second-order valence-electron chi connectivity index (χ2n) is 8.83. The number of carbonyl (C=O) groups excluding carboxylic acids is 2. The maximum absolute atomic E-state index is 13.3. The van der Waals surface area contributed by atoms with E-state index in [1.54, 1.807) is 19.1 Å². The lowest BCUT2D eigenvalue weighted by atomic mass is 9.87. The maximum Gasteiger partial charge on any atom is 0.290 e. The number of hydrogen-bond donors (Lipinski definition) is 1. The van der Waals surface area contributed by atoms with Gasteiger partial charge in [0.2, 0.25) is 0 Å². The molecule has 0 unspecified atom stereocenters. The summed E-state index contributed by atoms with van der Waals surface area (Å²) in [6.07, 6.45) is 1.61. The van der Waals surface area contributed by atoms with Gasteiger partial charge in [0.15, 0.2) is 11.9 Å². The van der Waals surface area contributed by atoms with Gasteiger partial charge in [-0.25, -0.2) is 0 Å². The third kappa shape index (κ3) is 4.95. The molecule has 2 amide bonds. The Balaban J connectivity index is 1.71. The lowest BCUT2D eigenvalue weighted by molar-refractivity contribution is -0.127. The van der Waals surface area contributed by atoms with Gasteiger partial charge in [0.05, 0.1) is 12.3 Å². The SMILES string of the molecule is Cc1cccc([C@H]2c3cc(O[C@H](C)C(=O)NC(C)C)ccc3CCN2C(=O)c2ccco2)c1. The Bertz CT molecular complexity index is 1140. The number of nitrogens with zero attached hydrogens (tertiary/aromatic N) is 1. The molecular formula is C27H30N2O4. The van der Waals surface area contributed by atoms with Crippen LogP contribution in [0, 0.1) is 6.92 Å². The van der Waals surface area contributed by atoms with Crippen molar-refractivity contribution in [1.29, 1.82) is 0 Å². The first-order valence-electron chi connectivity index (χ1n) is 11.3. The predicted octanol–water partition coefficient (Wildman–Crippen LogP) is 4.67. The molecule has 2 atom stereocenters. The molecule has 0 fully saturated rings. The zero-order valence-corrected chi connectivity index (χ0v) is 19.5. The number of rotatable bonds is 6. The molecule has 0 radical (unpaired) electrons. The number of furan rings is 1. The Kier molecular flexibility index (Phi) is 6.54. The summed E-state index contributed by atoms with van der Waals surface area (Å²) >= 11 is 0. The Hall–Kier alpha value is -3.54. The molecule has 4 rings (SSSR count). The highest BCUT2D eigenvalue weighted by Crippen LogP contribution is 2.38.